The van der Waals surface area contributed by atoms with Gasteiger partial charge in [0.25, 0.3) is 0 Å². The number of nitrogens with one attached hydrogen (secondary N) is 1. The van der Waals surface area contributed by atoms with E-state index >= 15 is 0 Å². The summed E-state index contributed by atoms with van der Waals surface area (Å²) in [6, 6.07) is 7.27. The summed E-state index contributed by atoms with van der Waals surface area (Å²) < 4.78 is 0. The Morgan fingerprint density at radius 1 is 1.33 bits per heavy atom. The molecule has 3 atom stereocenters. The molecule has 2 nitrogen and oxygen atoms in total. The fourth-order valence-electron chi connectivity index (χ4n) is 3.30. The van der Waals surface area contributed by atoms with Crippen molar-refractivity contribution in [3.05, 3.63) is 28.8 Å². The Labute approximate surface area is 134 Å². The molecule has 1 aromatic rings. The van der Waals surface area contributed by atoms with E-state index in [0.717, 1.165) is 18.1 Å². The minimum atomic E-state index is 0.504. The van der Waals surface area contributed by atoms with E-state index < -0.39 is 0 Å². The van der Waals surface area contributed by atoms with Crippen molar-refractivity contribution < 1.29 is 0 Å². The summed E-state index contributed by atoms with van der Waals surface area (Å²) >= 11 is 6.53. The van der Waals surface area contributed by atoms with Crippen LogP contribution >= 0.6 is 11.6 Å². The van der Waals surface area contributed by atoms with Crippen LogP contribution in [0.4, 0.5) is 5.69 Å². The van der Waals surface area contributed by atoms with E-state index in [-0.39, 0.29) is 0 Å². The Bertz CT molecular complexity index is 452. The molecule has 2 rings (SSSR count). The van der Waals surface area contributed by atoms with Crippen molar-refractivity contribution in [3.63, 3.8) is 0 Å². The van der Waals surface area contributed by atoms with Crippen LogP contribution in [0.1, 0.15) is 39.7 Å². The lowest BCUT2D eigenvalue weighted by Crippen LogP contribution is -2.60. The summed E-state index contributed by atoms with van der Waals surface area (Å²) in [5.41, 5.74) is 2.51. The average molecular weight is 309 g/mol. The number of aryl methyl sites for hydroxylation is 1. The second-order valence-electron chi connectivity index (χ2n) is 6.77. The molecule has 0 amide bonds. The minimum absolute atomic E-state index is 0.504. The fourth-order valence-corrected chi connectivity index (χ4v) is 3.63. The van der Waals surface area contributed by atoms with Gasteiger partial charge in [-0.25, -0.2) is 0 Å². The zero-order chi connectivity index (χ0) is 15.6. The van der Waals surface area contributed by atoms with Crippen LogP contribution in [0, 0.1) is 18.8 Å². The van der Waals surface area contributed by atoms with Gasteiger partial charge in [-0.2, -0.15) is 0 Å². The van der Waals surface area contributed by atoms with Crippen molar-refractivity contribution in [2.75, 3.05) is 18.0 Å². The number of anilines is 1. The first kappa shape index (κ1) is 16.6. The largest absolute Gasteiger partial charge is 0.364 e. The summed E-state index contributed by atoms with van der Waals surface area (Å²) in [6.07, 6.45) is 1.21. The Kier molecular flexibility index (Phi) is 5.56. The highest BCUT2D eigenvalue weighted by molar-refractivity contribution is 6.33. The van der Waals surface area contributed by atoms with Crippen molar-refractivity contribution in [2.24, 2.45) is 11.8 Å². The van der Waals surface area contributed by atoms with Crippen LogP contribution < -0.4 is 10.2 Å². The molecule has 0 radical (unpaired) electrons. The van der Waals surface area contributed by atoms with Gasteiger partial charge in [-0.3, -0.25) is 0 Å². The van der Waals surface area contributed by atoms with Crippen LogP contribution in [0.5, 0.6) is 0 Å². The average Bonchev–Trinajstić information content (AvgIpc) is 2.46. The van der Waals surface area contributed by atoms with Gasteiger partial charge in [0.2, 0.25) is 0 Å². The van der Waals surface area contributed by atoms with Gasteiger partial charge in [-0.15, -0.1) is 0 Å². The lowest BCUT2D eigenvalue weighted by molar-refractivity contribution is 0.281. The van der Waals surface area contributed by atoms with E-state index in [2.05, 4.69) is 50.9 Å². The molecule has 3 heteroatoms. The molecule has 1 aromatic carbocycles. The van der Waals surface area contributed by atoms with Gasteiger partial charge in [0.1, 0.15) is 0 Å². The number of benzene rings is 1. The van der Waals surface area contributed by atoms with Gasteiger partial charge in [0, 0.05) is 25.2 Å². The molecular formula is C18H29ClN2. The predicted molar refractivity (Wildman–Crippen MR) is 93.4 cm³/mol. The Hall–Kier alpha value is -0.730. The first-order chi connectivity index (χ1) is 9.95. The van der Waals surface area contributed by atoms with E-state index in [1.807, 2.05) is 12.1 Å². The Balaban J connectivity index is 2.34. The third-order valence-electron chi connectivity index (χ3n) is 4.96. The van der Waals surface area contributed by atoms with Crippen LogP contribution in [-0.2, 0) is 0 Å². The van der Waals surface area contributed by atoms with E-state index in [1.54, 1.807) is 0 Å². The number of nitrogens with zero attached hydrogens (tertiary/aromatic N) is 1. The number of hydrogen-bond acceptors (Lipinski definition) is 2. The Morgan fingerprint density at radius 2 is 2.05 bits per heavy atom. The van der Waals surface area contributed by atoms with Gasteiger partial charge < -0.3 is 10.2 Å². The van der Waals surface area contributed by atoms with Gasteiger partial charge in [-0.05, 0) is 30.4 Å². The third kappa shape index (κ3) is 3.54. The van der Waals surface area contributed by atoms with Crippen molar-refractivity contribution in [1.82, 2.24) is 5.32 Å². The minimum Gasteiger partial charge on any atom is -0.364 e. The second-order valence-corrected chi connectivity index (χ2v) is 7.18. The number of para-hydroxylation sites is 1. The normalized spacial score (nSPS) is 24.4. The van der Waals surface area contributed by atoms with Crippen LogP contribution in [-0.4, -0.2) is 25.2 Å². The molecule has 3 unspecified atom stereocenters. The number of piperazine rings is 1. The predicted octanol–water partition coefficient (Wildman–Crippen LogP) is 4.50. The lowest BCUT2D eigenvalue weighted by atomic mass is 9.91. The maximum Gasteiger partial charge on any atom is 0.0642 e. The third-order valence-corrected chi connectivity index (χ3v) is 5.26. The molecule has 0 aromatic heterocycles. The van der Waals surface area contributed by atoms with Gasteiger partial charge >= 0.3 is 0 Å². The standard InChI is InChI=1S/C18H29ClN2/c1-6-13(4)16-11-21(17(10-20-16)12(2)3)18-14(5)8-7-9-15(18)19/h7-9,12-13,16-17,20H,6,10-11H2,1-5H3. The monoisotopic (exact) mass is 308 g/mol. The molecule has 1 N–H and O–H groups in total. The number of hydrogen-bond donors (Lipinski definition) is 1. The summed E-state index contributed by atoms with van der Waals surface area (Å²) in [5.74, 6) is 1.29. The maximum absolute atomic E-state index is 6.53. The van der Waals surface area contributed by atoms with Gasteiger partial charge in [-0.1, -0.05) is 57.8 Å². The molecule has 0 spiro atoms. The molecule has 0 bridgehead atoms. The van der Waals surface area contributed by atoms with Crippen LogP contribution in [0.15, 0.2) is 18.2 Å². The van der Waals surface area contributed by atoms with E-state index in [1.165, 1.54) is 17.7 Å². The molecule has 118 valence electrons. The SMILES string of the molecule is CCC(C)C1CN(c2c(C)cccc2Cl)C(C(C)C)CN1. The summed E-state index contributed by atoms with van der Waals surface area (Å²) in [7, 11) is 0. The first-order valence-electron chi connectivity index (χ1n) is 8.20. The zero-order valence-corrected chi connectivity index (χ0v) is 14.7. The van der Waals surface area contributed by atoms with Crippen LogP contribution in [0.3, 0.4) is 0 Å². The molecule has 1 heterocycles. The van der Waals surface area contributed by atoms with Crippen molar-refractivity contribution >= 4 is 17.3 Å². The zero-order valence-electron chi connectivity index (χ0n) is 14.0. The molecule has 1 aliphatic rings. The quantitative estimate of drug-likeness (QED) is 0.881. The van der Waals surface area contributed by atoms with Crippen LogP contribution in [0.2, 0.25) is 5.02 Å². The second kappa shape index (κ2) is 7.02. The highest BCUT2D eigenvalue weighted by Crippen LogP contribution is 2.34. The van der Waals surface area contributed by atoms with E-state index in [0.29, 0.717) is 23.9 Å². The molecule has 1 saturated heterocycles. The highest BCUT2D eigenvalue weighted by atomic mass is 35.5. The van der Waals surface area contributed by atoms with E-state index in [9.17, 15) is 0 Å². The molecular weight excluding hydrogens is 280 g/mol. The summed E-state index contributed by atoms with van der Waals surface area (Å²) in [5, 5.41) is 4.64. The molecule has 21 heavy (non-hydrogen) atoms. The molecule has 0 aliphatic carbocycles. The van der Waals surface area contributed by atoms with Crippen molar-refractivity contribution in [1.29, 1.82) is 0 Å². The first-order valence-corrected chi connectivity index (χ1v) is 8.58. The molecule has 1 fully saturated rings. The van der Waals surface area contributed by atoms with Crippen molar-refractivity contribution in [3.8, 4) is 0 Å². The summed E-state index contributed by atoms with van der Waals surface area (Å²) in [4.78, 5) is 2.55. The highest BCUT2D eigenvalue weighted by Gasteiger charge is 2.33. The van der Waals surface area contributed by atoms with Gasteiger partial charge in [0.05, 0.1) is 10.7 Å². The lowest BCUT2D eigenvalue weighted by Gasteiger charge is -2.46. The van der Waals surface area contributed by atoms with E-state index in [4.69, 9.17) is 11.6 Å². The smallest absolute Gasteiger partial charge is 0.0642 e. The Morgan fingerprint density at radius 3 is 2.62 bits per heavy atom. The van der Waals surface area contributed by atoms with Crippen molar-refractivity contribution in [2.45, 2.75) is 53.1 Å². The summed E-state index contributed by atoms with van der Waals surface area (Å²) in [6.45, 7) is 13.5. The molecule has 1 aliphatic heterocycles. The number of rotatable bonds is 4. The van der Waals surface area contributed by atoms with Gasteiger partial charge in [0.15, 0.2) is 0 Å². The number of halogens is 1. The topological polar surface area (TPSA) is 15.3 Å². The maximum atomic E-state index is 6.53. The fraction of sp³-hybridized carbons (Fsp3) is 0.667. The van der Waals surface area contributed by atoms with Crippen LogP contribution in [0.25, 0.3) is 0 Å². The molecule has 0 saturated carbocycles.